The van der Waals surface area contributed by atoms with E-state index in [-0.39, 0.29) is 0 Å². The van der Waals surface area contributed by atoms with Crippen LogP contribution in [0.5, 0.6) is 0 Å². The van der Waals surface area contributed by atoms with Crippen LogP contribution in [0.1, 0.15) is 36.3 Å². The monoisotopic (exact) mass is 146 g/mol. The highest BCUT2D eigenvalue weighted by Crippen LogP contribution is 2.36. The molecule has 2 rings (SSSR count). The second kappa shape index (κ2) is 2.69. The summed E-state index contributed by atoms with van der Waals surface area (Å²) >= 11 is 0. The van der Waals surface area contributed by atoms with Gasteiger partial charge in [0.15, 0.2) is 0 Å². The molecule has 1 saturated carbocycles. The summed E-state index contributed by atoms with van der Waals surface area (Å²) in [6.07, 6.45) is 4.24. The quantitative estimate of drug-likeness (QED) is 0.570. The summed E-state index contributed by atoms with van der Waals surface area (Å²) in [6, 6.07) is 8.99. The second-order valence-electron chi connectivity index (χ2n) is 3.54. The van der Waals surface area contributed by atoms with Gasteiger partial charge in [-0.3, -0.25) is 0 Å². The van der Waals surface area contributed by atoms with E-state index in [2.05, 4.69) is 31.2 Å². The Morgan fingerprint density at radius 2 is 1.73 bits per heavy atom. The van der Waals surface area contributed by atoms with Gasteiger partial charge < -0.3 is 0 Å². The average Bonchev–Trinajstić information content (AvgIpc) is 1.90. The first-order chi connectivity index (χ1) is 5.36. The van der Waals surface area contributed by atoms with Gasteiger partial charge in [0.1, 0.15) is 0 Å². The number of hydrogen-bond donors (Lipinski definition) is 0. The van der Waals surface area contributed by atoms with Crippen LogP contribution < -0.4 is 0 Å². The SMILES string of the molecule is Cc1ccc(C2CCC2)cc1. The zero-order chi connectivity index (χ0) is 7.68. The van der Waals surface area contributed by atoms with Crippen LogP contribution in [0.3, 0.4) is 0 Å². The Labute approximate surface area is 68.3 Å². The van der Waals surface area contributed by atoms with Crippen molar-refractivity contribution in [1.82, 2.24) is 0 Å². The average molecular weight is 146 g/mol. The lowest BCUT2D eigenvalue weighted by Crippen LogP contribution is -2.08. The minimum atomic E-state index is 0.885. The molecule has 0 N–H and O–H groups in total. The summed E-state index contributed by atoms with van der Waals surface area (Å²) in [7, 11) is 0. The Hall–Kier alpha value is -0.780. The number of aryl methyl sites for hydroxylation is 1. The predicted octanol–water partition coefficient (Wildman–Crippen LogP) is 3.26. The summed E-state index contributed by atoms with van der Waals surface area (Å²) in [5.74, 6) is 0.885. The zero-order valence-corrected chi connectivity index (χ0v) is 7.01. The molecule has 0 unspecified atom stereocenters. The van der Waals surface area contributed by atoms with Gasteiger partial charge in [0.05, 0.1) is 0 Å². The molecule has 1 aromatic rings. The topological polar surface area (TPSA) is 0 Å². The molecule has 0 radical (unpaired) electrons. The van der Waals surface area contributed by atoms with E-state index in [1.807, 2.05) is 0 Å². The van der Waals surface area contributed by atoms with Crippen molar-refractivity contribution in [3.05, 3.63) is 35.4 Å². The molecule has 0 bridgehead atoms. The van der Waals surface area contributed by atoms with Crippen LogP contribution in [0, 0.1) is 6.92 Å². The number of benzene rings is 1. The number of rotatable bonds is 1. The second-order valence-corrected chi connectivity index (χ2v) is 3.54. The van der Waals surface area contributed by atoms with Crippen molar-refractivity contribution < 1.29 is 0 Å². The maximum atomic E-state index is 2.28. The van der Waals surface area contributed by atoms with Gasteiger partial charge in [0, 0.05) is 0 Å². The van der Waals surface area contributed by atoms with E-state index in [9.17, 15) is 0 Å². The van der Waals surface area contributed by atoms with Crippen LogP contribution >= 0.6 is 0 Å². The molecule has 0 aromatic heterocycles. The minimum absolute atomic E-state index is 0.885. The summed E-state index contributed by atoms with van der Waals surface area (Å²) in [6.45, 7) is 2.14. The maximum Gasteiger partial charge on any atom is -0.0162 e. The lowest BCUT2D eigenvalue weighted by molar-refractivity contribution is 0.420. The molecule has 0 atom stereocenters. The Morgan fingerprint density at radius 1 is 1.09 bits per heavy atom. The molecule has 11 heavy (non-hydrogen) atoms. The molecule has 0 saturated heterocycles. The Morgan fingerprint density at radius 3 is 2.18 bits per heavy atom. The molecule has 1 aromatic carbocycles. The fourth-order valence-electron chi connectivity index (χ4n) is 1.58. The Kier molecular flexibility index (Phi) is 1.69. The first-order valence-corrected chi connectivity index (χ1v) is 4.43. The third kappa shape index (κ3) is 1.30. The van der Waals surface area contributed by atoms with Crippen LogP contribution in [-0.4, -0.2) is 0 Å². The van der Waals surface area contributed by atoms with Gasteiger partial charge in [-0.15, -0.1) is 0 Å². The van der Waals surface area contributed by atoms with E-state index in [1.54, 1.807) is 5.56 Å². The van der Waals surface area contributed by atoms with Gasteiger partial charge in [-0.2, -0.15) is 0 Å². The van der Waals surface area contributed by atoms with E-state index in [0.29, 0.717) is 0 Å². The lowest BCUT2D eigenvalue weighted by Gasteiger charge is -2.25. The minimum Gasteiger partial charge on any atom is -0.0590 e. The van der Waals surface area contributed by atoms with Gasteiger partial charge in [-0.25, -0.2) is 0 Å². The van der Waals surface area contributed by atoms with Crippen molar-refractivity contribution in [3.63, 3.8) is 0 Å². The zero-order valence-electron chi connectivity index (χ0n) is 7.01. The van der Waals surface area contributed by atoms with Crippen LogP contribution in [0.15, 0.2) is 24.3 Å². The van der Waals surface area contributed by atoms with Gasteiger partial charge in [-0.1, -0.05) is 36.2 Å². The van der Waals surface area contributed by atoms with Crippen molar-refractivity contribution in [3.8, 4) is 0 Å². The molecule has 0 heteroatoms. The van der Waals surface area contributed by atoms with Crippen molar-refractivity contribution in [2.45, 2.75) is 32.1 Å². The molecule has 1 aliphatic carbocycles. The summed E-state index contributed by atoms with van der Waals surface area (Å²) < 4.78 is 0. The van der Waals surface area contributed by atoms with E-state index in [0.717, 1.165) is 5.92 Å². The lowest BCUT2D eigenvalue weighted by atomic mass is 9.80. The smallest absolute Gasteiger partial charge is 0.0162 e. The molecule has 1 fully saturated rings. The highest BCUT2D eigenvalue weighted by molar-refractivity contribution is 5.25. The summed E-state index contributed by atoms with van der Waals surface area (Å²) in [4.78, 5) is 0. The predicted molar refractivity (Wildman–Crippen MR) is 47.8 cm³/mol. The van der Waals surface area contributed by atoms with Crippen LogP contribution in [-0.2, 0) is 0 Å². The molecular formula is C11H14. The Balaban J connectivity index is 2.18. The molecule has 0 spiro atoms. The van der Waals surface area contributed by atoms with Crippen molar-refractivity contribution in [1.29, 1.82) is 0 Å². The van der Waals surface area contributed by atoms with E-state index in [1.165, 1.54) is 24.8 Å². The maximum absolute atomic E-state index is 2.28. The Bertz CT molecular complexity index is 229. The standard InChI is InChI=1S/C11H14/c1-9-5-7-11(8-6-9)10-3-2-4-10/h5-8,10H,2-4H2,1H3. The number of hydrogen-bond acceptors (Lipinski definition) is 0. The van der Waals surface area contributed by atoms with Gasteiger partial charge in [0.25, 0.3) is 0 Å². The summed E-state index contributed by atoms with van der Waals surface area (Å²) in [5.41, 5.74) is 2.91. The third-order valence-corrected chi connectivity index (χ3v) is 2.65. The highest BCUT2D eigenvalue weighted by atomic mass is 14.2. The van der Waals surface area contributed by atoms with E-state index >= 15 is 0 Å². The van der Waals surface area contributed by atoms with Crippen molar-refractivity contribution >= 4 is 0 Å². The molecule has 58 valence electrons. The van der Waals surface area contributed by atoms with Crippen molar-refractivity contribution in [2.24, 2.45) is 0 Å². The summed E-state index contributed by atoms with van der Waals surface area (Å²) in [5, 5.41) is 0. The van der Waals surface area contributed by atoms with Crippen LogP contribution in [0.4, 0.5) is 0 Å². The molecule has 1 aliphatic rings. The van der Waals surface area contributed by atoms with Gasteiger partial charge >= 0.3 is 0 Å². The third-order valence-electron chi connectivity index (χ3n) is 2.65. The van der Waals surface area contributed by atoms with E-state index in [4.69, 9.17) is 0 Å². The van der Waals surface area contributed by atoms with Crippen LogP contribution in [0.2, 0.25) is 0 Å². The van der Waals surface area contributed by atoms with Gasteiger partial charge in [-0.05, 0) is 31.2 Å². The molecule has 0 amide bonds. The molecule has 0 heterocycles. The largest absolute Gasteiger partial charge is 0.0590 e. The molecule has 0 nitrogen and oxygen atoms in total. The normalized spacial score (nSPS) is 17.9. The fourth-order valence-corrected chi connectivity index (χ4v) is 1.58. The van der Waals surface area contributed by atoms with Crippen molar-refractivity contribution in [2.75, 3.05) is 0 Å². The van der Waals surface area contributed by atoms with Crippen LogP contribution in [0.25, 0.3) is 0 Å². The molecule has 0 aliphatic heterocycles. The van der Waals surface area contributed by atoms with E-state index < -0.39 is 0 Å². The highest BCUT2D eigenvalue weighted by Gasteiger charge is 2.18. The molecular weight excluding hydrogens is 132 g/mol. The first kappa shape index (κ1) is 6.90. The first-order valence-electron chi connectivity index (χ1n) is 4.43. The fraction of sp³-hybridized carbons (Fsp3) is 0.455. The van der Waals surface area contributed by atoms with Gasteiger partial charge in [0.2, 0.25) is 0 Å².